The Labute approximate surface area is 181 Å². The molecule has 11 heteroatoms. The lowest BCUT2D eigenvalue weighted by molar-refractivity contribution is -0.137. The Morgan fingerprint density at radius 1 is 1.28 bits per heavy atom. The number of benzene rings is 1. The van der Waals surface area contributed by atoms with Gasteiger partial charge in [0.2, 0.25) is 5.95 Å². The molecule has 4 heterocycles. The van der Waals surface area contributed by atoms with Gasteiger partial charge in [-0.15, -0.1) is 0 Å². The van der Waals surface area contributed by atoms with E-state index in [1.165, 1.54) is 11.1 Å². The lowest BCUT2D eigenvalue weighted by atomic mass is 10.1. The van der Waals surface area contributed by atoms with E-state index in [9.17, 15) is 18.0 Å². The fourth-order valence-electron chi connectivity index (χ4n) is 4.13. The summed E-state index contributed by atoms with van der Waals surface area (Å²) in [7, 11) is 0. The number of aromatic nitrogens is 3. The Bertz CT molecular complexity index is 1160. The molecule has 168 valence electrons. The number of rotatable bonds is 4. The van der Waals surface area contributed by atoms with E-state index in [2.05, 4.69) is 25.6 Å². The maximum absolute atomic E-state index is 13.8. The normalized spacial score (nSPS) is 19.4. The number of H-pyrrole nitrogens is 1. The lowest BCUT2D eigenvalue weighted by Gasteiger charge is -2.24. The van der Waals surface area contributed by atoms with Gasteiger partial charge in [0.25, 0.3) is 0 Å². The second kappa shape index (κ2) is 7.97. The summed E-state index contributed by atoms with van der Waals surface area (Å²) < 4.78 is 46.2. The summed E-state index contributed by atoms with van der Waals surface area (Å²) in [5, 5.41) is 6.95. The number of anilines is 2. The molecule has 1 aromatic carbocycles. The second-order valence-electron chi connectivity index (χ2n) is 7.84. The summed E-state index contributed by atoms with van der Waals surface area (Å²) in [6.45, 7) is 2.35. The molecule has 0 unspecified atom stereocenters. The molecule has 2 aliphatic heterocycles. The highest BCUT2D eigenvalue weighted by Crippen LogP contribution is 2.39. The summed E-state index contributed by atoms with van der Waals surface area (Å²) in [6.07, 6.45) is -0.862. The first-order valence-corrected chi connectivity index (χ1v) is 10.4. The van der Waals surface area contributed by atoms with Gasteiger partial charge in [-0.25, -0.2) is 14.8 Å². The molecule has 3 N–H and O–H groups in total. The fraction of sp³-hybridized carbons (Fsp3) is 0.381. The van der Waals surface area contributed by atoms with Crippen molar-refractivity contribution in [3.05, 3.63) is 36.2 Å². The SMILES string of the molecule is O=C1OCCN1c1ccc2c(-c3nc(N[C@H]4CCCNC4)ncc3C(F)(F)F)c[nH]c2c1. The molecule has 2 fully saturated rings. The third-order valence-corrected chi connectivity index (χ3v) is 5.72. The predicted molar refractivity (Wildman–Crippen MR) is 113 cm³/mol. The maximum atomic E-state index is 13.8. The van der Waals surface area contributed by atoms with Crippen molar-refractivity contribution in [2.24, 2.45) is 0 Å². The topological polar surface area (TPSA) is 95.2 Å². The van der Waals surface area contributed by atoms with E-state index >= 15 is 0 Å². The smallest absolute Gasteiger partial charge is 0.419 e. The minimum absolute atomic E-state index is 0.0547. The first kappa shape index (κ1) is 20.6. The van der Waals surface area contributed by atoms with E-state index in [4.69, 9.17) is 4.74 Å². The van der Waals surface area contributed by atoms with Crippen LogP contribution in [0.5, 0.6) is 0 Å². The number of cyclic esters (lactones) is 1. The number of carbonyl (C=O) groups excluding carboxylic acids is 1. The highest BCUT2D eigenvalue weighted by atomic mass is 19.4. The zero-order chi connectivity index (χ0) is 22.3. The van der Waals surface area contributed by atoms with Gasteiger partial charge in [0.05, 0.1) is 12.2 Å². The molecule has 32 heavy (non-hydrogen) atoms. The van der Waals surface area contributed by atoms with Gasteiger partial charge >= 0.3 is 12.3 Å². The standard InChI is InChI=1S/C21H21F3N6O2/c22-21(23,24)16-11-27-19(28-12-2-1-5-25-9-12)29-18(16)15-10-26-17-8-13(3-4-14(15)17)30-6-7-32-20(30)31/h3-4,8,10-12,25-26H,1-2,5-7,9H2,(H,27,28,29)/t12-/m0/s1. The monoisotopic (exact) mass is 446 g/mol. The number of piperidine rings is 1. The van der Waals surface area contributed by atoms with Crippen molar-refractivity contribution in [2.75, 3.05) is 36.5 Å². The van der Waals surface area contributed by atoms with Crippen LogP contribution in [-0.4, -0.2) is 53.3 Å². The van der Waals surface area contributed by atoms with Crippen LogP contribution in [-0.2, 0) is 10.9 Å². The van der Waals surface area contributed by atoms with Gasteiger partial charge in [-0.1, -0.05) is 6.07 Å². The molecule has 0 spiro atoms. The third kappa shape index (κ3) is 3.83. The van der Waals surface area contributed by atoms with Crippen molar-refractivity contribution < 1.29 is 22.7 Å². The van der Waals surface area contributed by atoms with E-state index in [-0.39, 0.29) is 17.7 Å². The summed E-state index contributed by atoms with van der Waals surface area (Å²) >= 11 is 0. The number of amides is 1. The van der Waals surface area contributed by atoms with Crippen LogP contribution >= 0.6 is 0 Å². The Morgan fingerprint density at radius 2 is 2.16 bits per heavy atom. The molecular formula is C21H21F3N6O2. The quantitative estimate of drug-likeness (QED) is 0.565. The molecule has 0 saturated carbocycles. The molecule has 0 aliphatic carbocycles. The van der Waals surface area contributed by atoms with Crippen LogP contribution in [0.25, 0.3) is 22.2 Å². The van der Waals surface area contributed by atoms with Crippen molar-refractivity contribution in [1.82, 2.24) is 20.3 Å². The summed E-state index contributed by atoms with van der Waals surface area (Å²) in [5.74, 6) is 0.160. The van der Waals surface area contributed by atoms with E-state index in [0.717, 1.165) is 25.6 Å². The number of fused-ring (bicyclic) bond motifs is 1. The zero-order valence-corrected chi connectivity index (χ0v) is 17.0. The average molecular weight is 446 g/mol. The molecule has 1 amide bonds. The first-order chi connectivity index (χ1) is 15.4. The molecule has 2 saturated heterocycles. The molecule has 2 aromatic heterocycles. The van der Waals surface area contributed by atoms with Crippen LogP contribution in [0.15, 0.2) is 30.6 Å². The largest absolute Gasteiger partial charge is 0.447 e. The van der Waals surface area contributed by atoms with Gasteiger partial charge in [0.15, 0.2) is 0 Å². The molecule has 2 aliphatic rings. The van der Waals surface area contributed by atoms with Crippen LogP contribution in [0.4, 0.5) is 29.6 Å². The van der Waals surface area contributed by atoms with E-state index in [1.54, 1.807) is 18.2 Å². The number of nitrogens with one attached hydrogen (secondary N) is 3. The van der Waals surface area contributed by atoms with Gasteiger partial charge in [0.1, 0.15) is 12.2 Å². The first-order valence-electron chi connectivity index (χ1n) is 10.4. The Kier molecular flexibility index (Phi) is 5.12. The highest BCUT2D eigenvalue weighted by Gasteiger charge is 2.36. The number of carbonyl (C=O) groups is 1. The van der Waals surface area contributed by atoms with Crippen LogP contribution in [0, 0.1) is 0 Å². The highest BCUT2D eigenvalue weighted by molar-refractivity contribution is 5.99. The summed E-state index contributed by atoms with van der Waals surface area (Å²) in [4.78, 5) is 24.5. The van der Waals surface area contributed by atoms with Crippen LogP contribution in [0.2, 0.25) is 0 Å². The number of aromatic amines is 1. The Morgan fingerprint density at radius 3 is 2.88 bits per heavy atom. The molecular weight excluding hydrogens is 425 g/mol. The Hall–Kier alpha value is -3.34. The van der Waals surface area contributed by atoms with Crippen molar-refractivity contribution >= 4 is 28.6 Å². The predicted octanol–water partition coefficient (Wildman–Crippen LogP) is 3.76. The third-order valence-electron chi connectivity index (χ3n) is 5.72. The minimum atomic E-state index is -4.61. The number of halogens is 3. The lowest BCUT2D eigenvalue weighted by Crippen LogP contribution is -2.38. The van der Waals surface area contributed by atoms with Crippen molar-refractivity contribution in [3.8, 4) is 11.3 Å². The van der Waals surface area contributed by atoms with Crippen LogP contribution in [0.3, 0.4) is 0 Å². The molecule has 1 atom stereocenters. The van der Waals surface area contributed by atoms with Gasteiger partial charge in [-0.3, -0.25) is 4.90 Å². The van der Waals surface area contributed by atoms with E-state index in [1.807, 2.05) is 0 Å². The molecule has 8 nitrogen and oxygen atoms in total. The molecule has 3 aromatic rings. The number of nitrogens with zero attached hydrogens (tertiary/aromatic N) is 3. The molecule has 0 radical (unpaired) electrons. The molecule has 5 rings (SSSR count). The van der Waals surface area contributed by atoms with E-state index < -0.39 is 17.8 Å². The van der Waals surface area contributed by atoms with Crippen molar-refractivity contribution in [1.29, 1.82) is 0 Å². The van der Waals surface area contributed by atoms with Crippen molar-refractivity contribution in [2.45, 2.75) is 25.1 Å². The van der Waals surface area contributed by atoms with Gasteiger partial charge < -0.3 is 20.4 Å². The average Bonchev–Trinajstić information content (AvgIpc) is 3.39. The number of hydrogen-bond acceptors (Lipinski definition) is 6. The summed E-state index contributed by atoms with van der Waals surface area (Å²) in [6, 6.07) is 5.14. The number of alkyl halides is 3. The fourth-order valence-corrected chi connectivity index (χ4v) is 4.13. The minimum Gasteiger partial charge on any atom is -0.447 e. The van der Waals surface area contributed by atoms with Gasteiger partial charge in [-0.05, 0) is 31.5 Å². The van der Waals surface area contributed by atoms with Crippen LogP contribution < -0.4 is 15.5 Å². The Balaban J connectivity index is 1.54. The van der Waals surface area contributed by atoms with Crippen molar-refractivity contribution in [3.63, 3.8) is 0 Å². The van der Waals surface area contributed by atoms with Gasteiger partial charge in [0, 0.05) is 47.1 Å². The van der Waals surface area contributed by atoms with Crippen LogP contribution in [0.1, 0.15) is 18.4 Å². The van der Waals surface area contributed by atoms with E-state index in [0.29, 0.717) is 41.9 Å². The number of hydrogen-bond donors (Lipinski definition) is 3. The zero-order valence-electron chi connectivity index (χ0n) is 17.0. The molecule has 0 bridgehead atoms. The van der Waals surface area contributed by atoms with Gasteiger partial charge in [-0.2, -0.15) is 13.2 Å². The maximum Gasteiger partial charge on any atom is 0.419 e. The number of ether oxygens (including phenoxy) is 1. The summed E-state index contributed by atoms with van der Waals surface area (Å²) in [5.41, 5.74) is 0.417. The second-order valence-corrected chi connectivity index (χ2v) is 7.84.